The minimum absolute atomic E-state index is 0.0169. The van der Waals surface area contributed by atoms with E-state index in [2.05, 4.69) is 15.2 Å². The topological polar surface area (TPSA) is 65.5 Å². The summed E-state index contributed by atoms with van der Waals surface area (Å²) in [5.41, 5.74) is 1.72. The molecule has 2 amide bonds. The van der Waals surface area contributed by atoms with Crippen molar-refractivity contribution in [1.82, 2.24) is 9.88 Å². The number of nitrogens with one attached hydrogen (secondary N) is 1. The van der Waals surface area contributed by atoms with Crippen LogP contribution in [0.15, 0.2) is 48.7 Å². The third-order valence-electron chi connectivity index (χ3n) is 5.42. The minimum Gasteiger partial charge on any atom is -0.355 e. The number of anilines is 2. The molecule has 1 aliphatic heterocycles. The van der Waals surface area contributed by atoms with Crippen LogP contribution in [0.2, 0.25) is 0 Å². The molecule has 2 aromatic rings. The molecule has 6 heteroatoms. The Hall–Kier alpha value is -2.89. The van der Waals surface area contributed by atoms with Crippen LogP contribution in [0.25, 0.3) is 0 Å². The highest BCUT2D eigenvalue weighted by Gasteiger charge is 2.20. The van der Waals surface area contributed by atoms with Crippen LogP contribution in [0.5, 0.6) is 0 Å². The third kappa shape index (κ3) is 5.34. The first-order valence-electron chi connectivity index (χ1n) is 10.5. The van der Waals surface area contributed by atoms with Gasteiger partial charge in [-0.3, -0.25) is 9.59 Å². The monoisotopic (exact) mass is 394 g/mol. The second-order valence-corrected chi connectivity index (χ2v) is 7.34. The molecule has 0 spiro atoms. The molecule has 1 N–H and O–H groups in total. The molecule has 2 heterocycles. The van der Waals surface area contributed by atoms with Crippen LogP contribution < -0.4 is 10.2 Å². The molecule has 0 aliphatic carbocycles. The van der Waals surface area contributed by atoms with Crippen molar-refractivity contribution in [3.8, 4) is 0 Å². The zero-order chi connectivity index (χ0) is 20.6. The Labute approximate surface area is 172 Å². The van der Waals surface area contributed by atoms with Gasteiger partial charge in [-0.05, 0) is 30.5 Å². The molecule has 3 rings (SSSR count). The quantitative estimate of drug-likeness (QED) is 0.812. The van der Waals surface area contributed by atoms with Crippen molar-refractivity contribution in [1.29, 1.82) is 0 Å². The average molecular weight is 395 g/mol. The minimum atomic E-state index is -0.177. The summed E-state index contributed by atoms with van der Waals surface area (Å²) < 4.78 is 0. The number of pyridine rings is 1. The number of aromatic nitrogens is 1. The largest absolute Gasteiger partial charge is 0.355 e. The zero-order valence-corrected chi connectivity index (χ0v) is 17.3. The molecule has 0 bridgehead atoms. The number of nitrogens with zero attached hydrogens (tertiary/aromatic N) is 3. The van der Waals surface area contributed by atoms with Gasteiger partial charge in [-0.25, -0.2) is 4.98 Å². The van der Waals surface area contributed by atoms with Gasteiger partial charge in [0.1, 0.15) is 5.82 Å². The van der Waals surface area contributed by atoms with E-state index in [9.17, 15) is 9.59 Å². The Bertz CT molecular complexity index is 807. The van der Waals surface area contributed by atoms with Gasteiger partial charge in [0.15, 0.2) is 0 Å². The molecule has 6 nitrogen and oxygen atoms in total. The van der Waals surface area contributed by atoms with Gasteiger partial charge in [0.2, 0.25) is 11.8 Å². The van der Waals surface area contributed by atoms with Crippen molar-refractivity contribution in [3.05, 3.63) is 54.2 Å². The van der Waals surface area contributed by atoms with Gasteiger partial charge in [0, 0.05) is 32.6 Å². The first-order chi connectivity index (χ1) is 14.1. The van der Waals surface area contributed by atoms with Crippen molar-refractivity contribution >= 4 is 23.3 Å². The Morgan fingerprint density at radius 3 is 2.48 bits per heavy atom. The molecule has 0 radical (unpaired) electrons. The fourth-order valence-corrected chi connectivity index (χ4v) is 3.75. The van der Waals surface area contributed by atoms with E-state index in [1.54, 1.807) is 6.20 Å². The average Bonchev–Trinajstić information content (AvgIpc) is 3.01. The van der Waals surface area contributed by atoms with Crippen LogP contribution >= 0.6 is 0 Å². The second-order valence-electron chi connectivity index (χ2n) is 7.34. The Morgan fingerprint density at radius 2 is 1.83 bits per heavy atom. The van der Waals surface area contributed by atoms with Crippen molar-refractivity contribution < 1.29 is 9.59 Å². The van der Waals surface area contributed by atoms with Gasteiger partial charge >= 0.3 is 0 Å². The zero-order valence-electron chi connectivity index (χ0n) is 17.3. The van der Waals surface area contributed by atoms with Crippen molar-refractivity contribution in [2.24, 2.45) is 0 Å². The molecular weight excluding hydrogens is 364 g/mol. The smallest absolute Gasteiger partial charge is 0.231 e. The first-order valence-corrected chi connectivity index (χ1v) is 10.5. The number of benzene rings is 1. The molecule has 0 saturated carbocycles. The van der Waals surface area contributed by atoms with Crippen LogP contribution in [0.1, 0.15) is 44.6 Å². The number of rotatable bonds is 6. The van der Waals surface area contributed by atoms with Crippen molar-refractivity contribution in [2.45, 2.75) is 39.0 Å². The van der Waals surface area contributed by atoms with Gasteiger partial charge in [-0.15, -0.1) is 0 Å². The molecule has 1 atom stereocenters. The number of amides is 2. The van der Waals surface area contributed by atoms with E-state index in [1.807, 2.05) is 61.2 Å². The predicted molar refractivity (Wildman–Crippen MR) is 116 cm³/mol. The maximum absolute atomic E-state index is 12.7. The lowest BCUT2D eigenvalue weighted by Gasteiger charge is -2.23. The van der Waals surface area contributed by atoms with E-state index in [0.717, 1.165) is 50.4 Å². The van der Waals surface area contributed by atoms with E-state index in [1.165, 1.54) is 0 Å². The van der Waals surface area contributed by atoms with E-state index in [-0.39, 0.29) is 17.7 Å². The van der Waals surface area contributed by atoms with Crippen molar-refractivity contribution in [3.63, 3.8) is 0 Å². The van der Waals surface area contributed by atoms with Gasteiger partial charge in [0.25, 0.3) is 0 Å². The number of carbonyl (C=O) groups is 2. The molecule has 154 valence electrons. The maximum Gasteiger partial charge on any atom is 0.231 e. The molecule has 1 aromatic heterocycles. The fraction of sp³-hybridized carbons (Fsp3) is 0.435. The lowest BCUT2D eigenvalue weighted by Crippen LogP contribution is -2.34. The second kappa shape index (κ2) is 10.0. The Morgan fingerprint density at radius 1 is 1.03 bits per heavy atom. The summed E-state index contributed by atoms with van der Waals surface area (Å²) in [6, 6.07) is 13.7. The van der Waals surface area contributed by atoms with Crippen LogP contribution in [-0.2, 0) is 9.59 Å². The molecule has 0 unspecified atom stereocenters. The molecule has 1 saturated heterocycles. The number of hydrogen-bond donors (Lipinski definition) is 1. The van der Waals surface area contributed by atoms with E-state index < -0.39 is 0 Å². The van der Waals surface area contributed by atoms with Gasteiger partial charge < -0.3 is 15.1 Å². The van der Waals surface area contributed by atoms with E-state index >= 15 is 0 Å². The summed E-state index contributed by atoms with van der Waals surface area (Å²) >= 11 is 0. The molecular formula is C23H30N4O2. The summed E-state index contributed by atoms with van der Waals surface area (Å²) in [4.78, 5) is 33.3. The molecule has 29 heavy (non-hydrogen) atoms. The first kappa shape index (κ1) is 20.8. The fourth-order valence-electron chi connectivity index (χ4n) is 3.75. The highest BCUT2D eigenvalue weighted by molar-refractivity contribution is 5.95. The maximum atomic E-state index is 12.7. The van der Waals surface area contributed by atoms with Crippen LogP contribution in [0, 0.1) is 0 Å². The Balaban J connectivity index is 1.61. The highest BCUT2D eigenvalue weighted by Crippen LogP contribution is 2.22. The lowest BCUT2D eigenvalue weighted by atomic mass is 9.95. The van der Waals surface area contributed by atoms with Crippen molar-refractivity contribution in [2.75, 3.05) is 36.4 Å². The van der Waals surface area contributed by atoms with Gasteiger partial charge in [-0.1, -0.05) is 44.2 Å². The standard InChI is InChI=1S/C23H30N4O2/c1-3-20(18-9-6-5-7-10-18)23(29)25-19-11-12-21(24-17-19)26-13-8-14-27(16-15-26)22(28)4-2/h5-7,9-12,17,20H,3-4,8,13-16H2,1-2H3,(H,25,29)/t20-/m1/s1. The summed E-state index contributed by atoms with van der Waals surface area (Å²) in [6.07, 6.45) is 3.93. The van der Waals surface area contributed by atoms with Gasteiger partial charge in [-0.2, -0.15) is 0 Å². The van der Waals surface area contributed by atoms with Crippen LogP contribution in [0.3, 0.4) is 0 Å². The molecule has 1 fully saturated rings. The highest BCUT2D eigenvalue weighted by atomic mass is 16.2. The third-order valence-corrected chi connectivity index (χ3v) is 5.42. The molecule has 1 aromatic carbocycles. The summed E-state index contributed by atoms with van der Waals surface area (Å²) in [7, 11) is 0. The Kier molecular flexibility index (Phi) is 7.22. The normalized spacial score (nSPS) is 15.5. The molecule has 1 aliphatic rings. The lowest BCUT2D eigenvalue weighted by molar-refractivity contribution is -0.130. The van der Waals surface area contributed by atoms with E-state index in [0.29, 0.717) is 12.1 Å². The SMILES string of the molecule is CCC(=O)N1CCCN(c2ccc(NC(=O)[C@H](CC)c3ccccc3)cn2)CC1. The predicted octanol–water partition coefficient (Wildman–Crippen LogP) is 3.66. The van der Waals surface area contributed by atoms with E-state index in [4.69, 9.17) is 0 Å². The summed E-state index contributed by atoms with van der Waals surface area (Å²) in [5.74, 6) is 0.894. The van der Waals surface area contributed by atoms with Crippen LogP contribution in [-0.4, -0.2) is 47.9 Å². The summed E-state index contributed by atoms with van der Waals surface area (Å²) in [6.45, 7) is 7.09. The van der Waals surface area contributed by atoms with Crippen LogP contribution in [0.4, 0.5) is 11.5 Å². The van der Waals surface area contributed by atoms with Gasteiger partial charge in [0.05, 0.1) is 17.8 Å². The summed E-state index contributed by atoms with van der Waals surface area (Å²) in [5, 5.41) is 2.99. The number of hydrogen-bond acceptors (Lipinski definition) is 4. The number of carbonyl (C=O) groups excluding carboxylic acids is 2.